The summed E-state index contributed by atoms with van der Waals surface area (Å²) in [7, 11) is 0. The molecule has 15 heteroatoms. The highest BCUT2D eigenvalue weighted by Crippen LogP contribution is 2.35. The summed E-state index contributed by atoms with van der Waals surface area (Å²) in [6.45, 7) is 2.38. The molecular weight excluding hydrogens is 569 g/mol. The van der Waals surface area contributed by atoms with Gasteiger partial charge in [-0.1, -0.05) is 18.5 Å². The van der Waals surface area contributed by atoms with Crippen molar-refractivity contribution in [1.82, 2.24) is 29.9 Å². The van der Waals surface area contributed by atoms with Crippen molar-refractivity contribution >= 4 is 46.3 Å². The minimum absolute atomic E-state index is 0.0735. The fourth-order valence-electron chi connectivity index (χ4n) is 3.52. The number of rotatable bonds is 11. The lowest BCUT2D eigenvalue weighted by Crippen LogP contribution is -2.13. The SMILES string of the molecule is CC(CC(=O)c1cc(NCCCc2ncccn2)ncn1)c1ncc(C(=O)Nc2cc(C(F)(F)F)c(Cl)cn2)s1. The van der Waals surface area contributed by atoms with E-state index >= 15 is 0 Å². The van der Waals surface area contributed by atoms with Gasteiger partial charge in [-0.3, -0.25) is 9.59 Å². The summed E-state index contributed by atoms with van der Waals surface area (Å²) in [6, 6.07) is 3.99. The Balaban J connectivity index is 1.31. The molecule has 4 heterocycles. The van der Waals surface area contributed by atoms with Crippen LogP contribution in [0.15, 0.2) is 49.3 Å². The molecule has 1 amide bonds. The Morgan fingerprint density at radius 2 is 1.80 bits per heavy atom. The molecule has 40 heavy (non-hydrogen) atoms. The summed E-state index contributed by atoms with van der Waals surface area (Å²) < 4.78 is 39.2. The molecule has 0 aliphatic heterocycles. The van der Waals surface area contributed by atoms with Crippen molar-refractivity contribution in [2.24, 2.45) is 0 Å². The number of hydrogen-bond donors (Lipinski definition) is 2. The van der Waals surface area contributed by atoms with Crippen LogP contribution in [0.25, 0.3) is 0 Å². The average Bonchev–Trinajstić information content (AvgIpc) is 3.43. The van der Waals surface area contributed by atoms with Crippen molar-refractivity contribution < 1.29 is 22.8 Å². The molecule has 0 saturated heterocycles. The molecule has 4 aromatic heterocycles. The van der Waals surface area contributed by atoms with E-state index in [9.17, 15) is 22.8 Å². The van der Waals surface area contributed by atoms with Crippen molar-refractivity contribution in [3.05, 3.63) is 81.3 Å². The van der Waals surface area contributed by atoms with Crippen LogP contribution in [0.3, 0.4) is 0 Å². The minimum Gasteiger partial charge on any atom is -0.370 e. The maximum absolute atomic E-state index is 13.1. The van der Waals surface area contributed by atoms with Crippen LogP contribution < -0.4 is 10.6 Å². The van der Waals surface area contributed by atoms with Gasteiger partial charge in [-0.15, -0.1) is 11.3 Å². The molecule has 0 saturated carbocycles. The van der Waals surface area contributed by atoms with Crippen molar-refractivity contribution in [3.8, 4) is 0 Å². The van der Waals surface area contributed by atoms with E-state index in [1.54, 1.807) is 31.5 Å². The number of halogens is 4. The summed E-state index contributed by atoms with van der Waals surface area (Å²) in [6.07, 6.45) is 3.64. The minimum atomic E-state index is -4.70. The van der Waals surface area contributed by atoms with Crippen LogP contribution in [-0.4, -0.2) is 48.1 Å². The number of hydrogen-bond acceptors (Lipinski definition) is 10. The molecule has 0 fully saturated rings. The molecule has 4 aromatic rings. The average molecular weight is 591 g/mol. The molecule has 2 N–H and O–H groups in total. The number of Topliss-reactive ketones (excluding diaryl/α,β-unsaturated/α-hetero) is 1. The first-order chi connectivity index (χ1) is 19.1. The molecule has 10 nitrogen and oxygen atoms in total. The van der Waals surface area contributed by atoms with Crippen LogP contribution >= 0.6 is 22.9 Å². The number of carbonyl (C=O) groups is 2. The van der Waals surface area contributed by atoms with Crippen molar-refractivity contribution in [2.45, 2.75) is 38.3 Å². The first-order valence-corrected chi connectivity index (χ1v) is 13.1. The maximum Gasteiger partial charge on any atom is 0.418 e. The summed E-state index contributed by atoms with van der Waals surface area (Å²) in [5.41, 5.74) is -0.874. The number of anilines is 2. The van der Waals surface area contributed by atoms with Gasteiger partial charge < -0.3 is 10.6 Å². The number of pyridine rings is 1. The monoisotopic (exact) mass is 590 g/mol. The second-order valence-corrected chi connectivity index (χ2v) is 10.0. The van der Waals surface area contributed by atoms with Gasteiger partial charge in [0.15, 0.2) is 5.78 Å². The molecule has 0 aliphatic carbocycles. The molecule has 0 aliphatic rings. The smallest absolute Gasteiger partial charge is 0.370 e. The standard InChI is InChI=1S/C25H22ClF3N8O2S/c1-14(8-18(38)17-10-21(36-13-35-17)32-5-2-4-20-30-6-3-7-31-20)24-34-12-19(40-24)23(39)37-22-9-15(25(27,28)29)16(26)11-33-22/h3,6-7,9-14H,2,4-5,8H2,1H3,(H,32,35,36)(H,33,37,39). The third-order valence-corrected chi connectivity index (χ3v) is 7.05. The van der Waals surface area contributed by atoms with E-state index in [1.165, 1.54) is 12.5 Å². The van der Waals surface area contributed by atoms with Gasteiger partial charge in [-0.2, -0.15) is 13.2 Å². The Labute approximate surface area is 235 Å². The van der Waals surface area contributed by atoms with E-state index in [4.69, 9.17) is 11.6 Å². The largest absolute Gasteiger partial charge is 0.418 e. The van der Waals surface area contributed by atoms with Gasteiger partial charge >= 0.3 is 6.18 Å². The number of ketones is 1. The number of nitrogens with zero attached hydrogens (tertiary/aromatic N) is 6. The first kappa shape index (κ1) is 29.0. The molecule has 1 atom stereocenters. The molecule has 208 valence electrons. The van der Waals surface area contributed by atoms with Crippen molar-refractivity contribution in [1.29, 1.82) is 0 Å². The molecule has 0 radical (unpaired) electrons. The Kier molecular flexibility index (Phi) is 9.32. The van der Waals surface area contributed by atoms with Crippen LogP contribution in [0.1, 0.15) is 62.2 Å². The van der Waals surface area contributed by atoms with E-state index in [0.717, 1.165) is 29.8 Å². The number of thiazole rings is 1. The highest BCUT2D eigenvalue weighted by atomic mass is 35.5. The van der Waals surface area contributed by atoms with E-state index in [0.29, 0.717) is 29.9 Å². The van der Waals surface area contributed by atoms with E-state index in [1.807, 2.05) is 0 Å². The Hall–Kier alpha value is -4.04. The molecule has 0 spiro atoms. The van der Waals surface area contributed by atoms with Crippen LogP contribution in [0, 0.1) is 0 Å². The fraction of sp³-hybridized carbons (Fsp3) is 0.280. The second-order valence-electron chi connectivity index (χ2n) is 8.58. The molecule has 4 rings (SSSR count). The normalized spacial score (nSPS) is 12.1. The maximum atomic E-state index is 13.1. The van der Waals surface area contributed by atoms with Gasteiger partial charge in [-0.25, -0.2) is 29.9 Å². The lowest BCUT2D eigenvalue weighted by molar-refractivity contribution is -0.137. The molecule has 0 bridgehead atoms. The van der Waals surface area contributed by atoms with Crippen molar-refractivity contribution in [3.63, 3.8) is 0 Å². The zero-order valence-corrected chi connectivity index (χ0v) is 22.5. The van der Waals surface area contributed by atoms with Gasteiger partial charge in [0.1, 0.15) is 34.4 Å². The van der Waals surface area contributed by atoms with Crippen LogP contribution in [-0.2, 0) is 12.6 Å². The summed E-state index contributed by atoms with van der Waals surface area (Å²) >= 11 is 6.60. The third-order valence-electron chi connectivity index (χ3n) is 5.52. The van der Waals surface area contributed by atoms with Gasteiger partial charge in [-0.05, 0) is 18.6 Å². The summed E-state index contributed by atoms with van der Waals surface area (Å²) in [5, 5.41) is 5.41. The Morgan fingerprint density at radius 3 is 2.55 bits per heavy atom. The number of alkyl halides is 3. The Morgan fingerprint density at radius 1 is 1.02 bits per heavy atom. The number of amides is 1. The Bertz CT molecular complexity index is 1490. The second kappa shape index (κ2) is 12.9. The van der Waals surface area contributed by atoms with Gasteiger partial charge in [0.25, 0.3) is 5.91 Å². The summed E-state index contributed by atoms with van der Waals surface area (Å²) in [4.78, 5) is 50.1. The van der Waals surface area contributed by atoms with Crippen LogP contribution in [0.2, 0.25) is 5.02 Å². The molecule has 0 aromatic carbocycles. The van der Waals surface area contributed by atoms with Crippen molar-refractivity contribution in [2.75, 3.05) is 17.2 Å². The van der Waals surface area contributed by atoms with Gasteiger partial charge in [0.05, 0.1) is 21.8 Å². The third kappa shape index (κ3) is 7.76. The first-order valence-electron chi connectivity index (χ1n) is 11.9. The summed E-state index contributed by atoms with van der Waals surface area (Å²) in [5.74, 6) is -0.310. The quantitative estimate of drug-likeness (QED) is 0.172. The van der Waals surface area contributed by atoms with E-state index < -0.39 is 22.7 Å². The lowest BCUT2D eigenvalue weighted by Gasteiger charge is -2.10. The molecular formula is C25H22ClF3N8O2S. The van der Waals surface area contributed by atoms with Crippen LogP contribution in [0.4, 0.5) is 24.8 Å². The number of aromatic nitrogens is 6. The number of nitrogens with one attached hydrogen (secondary N) is 2. The zero-order chi connectivity index (χ0) is 28.7. The zero-order valence-electron chi connectivity index (χ0n) is 20.9. The van der Waals surface area contributed by atoms with E-state index in [-0.39, 0.29) is 34.5 Å². The predicted molar refractivity (Wildman–Crippen MR) is 143 cm³/mol. The lowest BCUT2D eigenvalue weighted by atomic mass is 10.0. The topological polar surface area (TPSA) is 136 Å². The van der Waals surface area contributed by atoms with Crippen LogP contribution in [0.5, 0.6) is 0 Å². The predicted octanol–water partition coefficient (Wildman–Crippen LogP) is 5.46. The fourth-order valence-corrected chi connectivity index (χ4v) is 4.60. The number of aryl methyl sites for hydroxylation is 1. The molecule has 1 unspecified atom stereocenters. The van der Waals surface area contributed by atoms with E-state index in [2.05, 4.69) is 40.5 Å². The number of carbonyl (C=O) groups excluding carboxylic acids is 2. The highest BCUT2D eigenvalue weighted by molar-refractivity contribution is 7.13. The van der Waals surface area contributed by atoms with Gasteiger partial charge in [0.2, 0.25) is 0 Å². The van der Waals surface area contributed by atoms with Gasteiger partial charge in [0, 0.05) is 50.0 Å². The highest BCUT2D eigenvalue weighted by Gasteiger charge is 2.34.